The van der Waals surface area contributed by atoms with E-state index in [-0.39, 0.29) is 0 Å². The summed E-state index contributed by atoms with van der Waals surface area (Å²) in [5, 5.41) is 3.48. The lowest BCUT2D eigenvalue weighted by Gasteiger charge is -2.23. The molecule has 1 N–H and O–H groups in total. The van der Waals surface area contributed by atoms with Crippen LogP contribution >= 0.6 is 34.4 Å². The molecule has 2 heterocycles. The summed E-state index contributed by atoms with van der Waals surface area (Å²) in [5.41, 5.74) is 0. The van der Waals surface area contributed by atoms with Crippen LogP contribution in [0.15, 0.2) is 12.5 Å². The summed E-state index contributed by atoms with van der Waals surface area (Å²) in [6, 6.07) is 0.597. The highest BCUT2D eigenvalue weighted by molar-refractivity contribution is 14.1. The largest absolute Gasteiger partial charge is 0.366 e. The fraction of sp³-hybridized carbons (Fsp3) is 0.556. The van der Waals surface area contributed by atoms with Gasteiger partial charge in [-0.15, -0.1) is 0 Å². The fourth-order valence-corrected chi connectivity index (χ4v) is 3.02. The first-order valence-electron chi connectivity index (χ1n) is 4.66. The van der Waals surface area contributed by atoms with Gasteiger partial charge >= 0.3 is 0 Å². The minimum Gasteiger partial charge on any atom is -0.366 e. The Labute approximate surface area is 102 Å². The molecule has 0 radical (unpaired) electrons. The summed E-state index contributed by atoms with van der Waals surface area (Å²) in [4.78, 5) is 8.21. The number of hydrogen-bond donors (Lipinski definition) is 1. The maximum Gasteiger partial charge on any atom is 0.143 e. The van der Waals surface area contributed by atoms with Crippen LogP contribution in [0.5, 0.6) is 0 Å². The number of nitrogens with one attached hydrogen (secondary N) is 1. The monoisotopic (exact) mass is 321 g/mol. The van der Waals surface area contributed by atoms with E-state index in [2.05, 4.69) is 37.9 Å². The Morgan fingerprint density at radius 2 is 2.21 bits per heavy atom. The van der Waals surface area contributed by atoms with Crippen molar-refractivity contribution in [3.8, 4) is 0 Å². The standard InChI is InChI=1S/C9H12IN3S/c10-8-5-11-6-12-9(8)13-7-1-3-14-4-2-7/h5-7H,1-4H2,(H,11,12,13). The Kier molecular flexibility index (Phi) is 3.86. The molecule has 5 heteroatoms. The average Bonchev–Trinajstić information content (AvgIpc) is 2.23. The second-order valence-electron chi connectivity index (χ2n) is 3.25. The van der Waals surface area contributed by atoms with E-state index < -0.39 is 0 Å². The van der Waals surface area contributed by atoms with Crippen molar-refractivity contribution in [1.29, 1.82) is 0 Å². The predicted molar refractivity (Wildman–Crippen MR) is 68.7 cm³/mol. The minimum atomic E-state index is 0.597. The number of aromatic nitrogens is 2. The van der Waals surface area contributed by atoms with Gasteiger partial charge in [-0.2, -0.15) is 11.8 Å². The quantitative estimate of drug-likeness (QED) is 0.849. The zero-order chi connectivity index (χ0) is 9.80. The molecule has 1 aliphatic rings. The highest BCUT2D eigenvalue weighted by atomic mass is 127. The summed E-state index contributed by atoms with van der Waals surface area (Å²) in [6.07, 6.45) is 5.92. The van der Waals surface area contributed by atoms with E-state index in [1.54, 1.807) is 6.33 Å². The van der Waals surface area contributed by atoms with E-state index in [1.807, 2.05) is 18.0 Å². The van der Waals surface area contributed by atoms with Crippen LogP contribution in [0.4, 0.5) is 5.82 Å². The van der Waals surface area contributed by atoms with Crippen molar-refractivity contribution in [3.05, 3.63) is 16.1 Å². The van der Waals surface area contributed by atoms with Crippen molar-refractivity contribution in [3.63, 3.8) is 0 Å². The van der Waals surface area contributed by atoms with Crippen LogP contribution in [0.3, 0.4) is 0 Å². The van der Waals surface area contributed by atoms with E-state index in [0.717, 1.165) is 9.39 Å². The molecule has 1 aromatic heterocycles. The van der Waals surface area contributed by atoms with Crippen LogP contribution in [0.25, 0.3) is 0 Å². The summed E-state index contributed by atoms with van der Waals surface area (Å²) in [5.74, 6) is 3.51. The molecule has 0 saturated carbocycles. The molecule has 0 aromatic carbocycles. The van der Waals surface area contributed by atoms with Gasteiger partial charge < -0.3 is 5.32 Å². The van der Waals surface area contributed by atoms with Gasteiger partial charge in [0.15, 0.2) is 0 Å². The summed E-state index contributed by atoms with van der Waals surface area (Å²) < 4.78 is 1.10. The van der Waals surface area contributed by atoms with Crippen LogP contribution in [-0.4, -0.2) is 27.5 Å². The molecule has 3 nitrogen and oxygen atoms in total. The lowest BCUT2D eigenvalue weighted by Crippen LogP contribution is -2.25. The smallest absolute Gasteiger partial charge is 0.143 e. The summed E-state index contributed by atoms with van der Waals surface area (Å²) >= 11 is 4.30. The Morgan fingerprint density at radius 1 is 1.43 bits per heavy atom. The molecule has 1 aliphatic heterocycles. The number of halogens is 1. The maximum atomic E-state index is 4.24. The zero-order valence-corrected chi connectivity index (χ0v) is 10.7. The fourth-order valence-electron chi connectivity index (χ4n) is 1.45. The van der Waals surface area contributed by atoms with Gasteiger partial charge in [-0.1, -0.05) is 0 Å². The third kappa shape index (κ3) is 2.73. The SMILES string of the molecule is Ic1cncnc1NC1CCSCC1. The van der Waals surface area contributed by atoms with E-state index in [9.17, 15) is 0 Å². The molecule has 1 saturated heterocycles. The Hall–Kier alpha value is -0.0400. The Morgan fingerprint density at radius 3 is 2.93 bits per heavy atom. The molecule has 0 aliphatic carbocycles. The van der Waals surface area contributed by atoms with E-state index in [4.69, 9.17) is 0 Å². The van der Waals surface area contributed by atoms with Crippen molar-refractivity contribution >= 4 is 40.2 Å². The molecular formula is C9H12IN3S. The second-order valence-corrected chi connectivity index (χ2v) is 5.64. The highest BCUT2D eigenvalue weighted by Crippen LogP contribution is 2.21. The molecule has 0 amide bonds. The lowest BCUT2D eigenvalue weighted by atomic mass is 10.1. The third-order valence-electron chi connectivity index (χ3n) is 2.23. The molecule has 2 rings (SSSR count). The first-order valence-corrected chi connectivity index (χ1v) is 6.89. The topological polar surface area (TPSA) is 37.8 Å². The summed E-state index contributed by atoms with van der Waals surface area (Å²) in [7, 11) is 0. The Bertz CT molecular complexity index is 302. The molecule has 14 heavy (non-hydrogen) atoms. The molecule has 0 spiro atoms. The highest BCUT2D eigenvalue weighted by Gasteiger charge is 2.14. The molecule has 0 bridgehead atoms. The van der Waals surface area contributed by atoms with Gasteiger partial charge in [-0.25, -0.2) is 9.97 Å². The first-order chi connectivity index (χ1) is 6.86. The molecule has 1 fully saturated rings. The van der Waals surface area contributed by atoms with E-state index in [1.165, 1.54) is 24.3 Å². The lowest BCUT2D eigenvalue weighted by molar-refractivity contribution is 0.663. The van der Waals surface area contributed by atoms with Gasteiger partial charge in [-0.05, 0) is 46.9 Å². The van der Waals surface area contributed by atoms with Crippen molar-refractivity contribution < 1.29 is 0 Å². The van der Waals surface area contributed by atoms with Crippen LogP contribution in [0.1, 0.15) is 12.8 Å². The number of hydrogen-bond acceptors (Lipinski definition) is 4. The minimum absolute atomic E-state index is 0.597. The van der Waals surface area contributed by atoms with E-state index in [0.29, 0.717) is 6.04 Å². The average molecular weight is 321 g/mol. The molecule has 0 unspecified atom stereocenters. The predicted octanol–water partition coefficient (Wildman–Crippen LogP) is 2.39. The van der Waals surface area contributed by atoms with Crippen molar-refractivity contribution in [2.24, 2.45) is 0 Å². The van der Waals surface area contributed by atoms with Crippen LogP contribution in [-0.2, 0) is 0 Å². The van der Waals surface area contributed by atoms with Crippen LogP contribution in [0.2, 0.25) is 0 Å². The van der Waals surface area contributed by atoms with Gasteiger partial charge in [-0.3, -0.25) is 0 Å². The van der Waals surface area contributed by atoms with Crippen molar-refractivity contribution in [2.45, 2.75) is 18.9 Å². The van der Waals surface area contributed by atoms with Gasteiger partial charge in [0.1, 0.15) is 12.1 Å². The second kappa shape index (κ2) is 5.16. The first kappa shape index (κ1) is 10.5. The molecule has 1 aromatic rings. The maximum absolute atomic E-state index is 4.24. The molecular weight excluding hydrogens is 309 g/mol. The van der Waals surface area contributed by atoms with Gasteiger partial charge in [0.25, 0.3) is 0 Å². The molecule has 0 atom stereocenters. The van der Waals surface area contributed by atoms with Crippen molar-refractivity contribution in [1.82, 2.24) is 9.97 Å². The van der Waals surface area contributed by atoms with Gasteiger partial charge in [0.2, 0.25) is 0 Å². The number of nitrogens with zero attached hydrogens (tertiary/aromatic N) is 2. The number of rotatable bonds is 2. The Balaban J connectivity index is 1.99. The normalized spacial score (nSPS) is 18.1. The number of anilines is 1. The van der Waals surface area contributed by atoms with E-state index >= 15 is 0 Å². The van der Waals surface area contributed by atoms with Gasteiger partial charge in [0.05, 0.1) is 3.57 Å². The molecule has 76 valence electrons. The third-order valence-corrected chi connectivity index (χ3v) is 4.07. The van der Waals surface area contributed by atoms with Gasteiger partial charge in [0, 0.05) is 12.2 Å². The number of thioether (sulfide) groups is 1. The summed E-state index contributed by atoms with van der Waals surface area (Å²) in [6.45, 7) is 0. The van der Waals surface area contributed by atoms with Crippen LogP contribution < -0.4 is 5.32 Å². The van der Waals surface area contributed by atoms with Crippen molar-refractivity contribution in [2.75, 3.05) is 16.8 Å². The van der Waals surface area contributed by atoms with Crippen LogP contribution in [0, 0.1) is 3.57 Å². The zero-order valence-electron chi connectivity index (χ0n) is 7.74.